The zero-order valence-corrected chi connectivity index (χ0v) is 11.5. The van der Waals surface area contributed by atoms with Gasteiger partial charge in [-0.3, -0.25) is 4.68 Å². The van der Waals surface area contributed by atoms with Crippen LogP contribution in [-0.2, 0) is 6.54 Å². The zero-order chi connectivity index (χ0) is 13.1. The lowest BCUT2D eigenvalue weighted by molar-refractivity contribution is 0.207. The fourth-order valence-electron chi connectivity index (χ4n) is 1.86. The lowest BCUT2D eigenvalue weighted by atomic mass is 10.1. The number of halogens is 2. The number of aryl methyl sites for hydroxylation is 1. The third kappa shape index (κ3) is 2.69. The topological polar surface area (TPSA) is 38.0 Å². The maximum absolute atomic E-state index is 10.4. The monoisotopic (exact) mass is 284 g/mol. The fraction of sp³-hybridized carbons (Fsp3) is 0.308. The minimum absolute atomic E-state index is 0.458. The van der Waals surface area contributed by atoms with Crippen molar-refractivity contribution >= 4 is 23.2 Å². The Morgan fingerprint density at radius 3 is 2.78 bits per heavy atom. The molecule has 96 valence electrons. The van der Waals surface area contributed by atoms with Crippen LogP contribution in [0.3, 0.4) is 0 Å². The molecule has 0 aliphatic rings. The highest BCUT2D eigenvalue weighted by Gasteiger charge is 2.17. The zero-order valence-electron chi connectivity index (χ0n) is 9.98. The average molecular weight is 285 g/mol. The lowest BCUT2D eigenvalue weighted by Gasteiger charge is -2.14. The molecule has 1 N–H and O–H groups in total. The number of aliphatic hydroxyl groups is 1. The molecule has 1 heterocycles. The summed E-state index contributed by atoms with van der Waals surface area (Å²) in [5.74, 6) is 0. The summed E-state index contributed by atoms with van der Waals surface area (Å²) in [7, 11) is 0. The van der Waals surface area contributed by atoms with Gasteiger partial charge < -0.3 is 5.11 Å². The Labute approximate surface area is 116 Å². The van der Waals surface area contributed by atoms with E-state index in [-0.39, 0.29) is 0 Å². The van der Waals surface area contributed by atoms with Gasteiger partial charge in [-0.1, -0.05) is 36.2 Å². The van der Waals surface area contributed by atoms with E-state index in [4.69, 9.17) is 23.2 Å². The molecule has 3 nitrogen and oxygen atoms in total. The van der Waals surface area contributed by atoms with Crippen molar-refractivity contribution in [3.8, 4) is 0 Å². The highest BCUT2D eigenvalue weighted by Crippen LogP contribution is 2.30. The van der Waals surface area contributed by atoms with E-state index in [1.54, 1.807) is 35.1 Å². The molecule has 0 aliphatic carbocycles. The Bertz CT molecular complexity index is 540. The van der Waals surface area contributed by atoms with Crippen LogP contribution in [0.25, 0.3) is 0 Å². The molecule has 2 rings (SSSR count). The fourth-order valence-corrected chi connectivity index (χ4v) is 2.37. The maximum atomic E-state index is 10.4. The number of aliphatic hydroxyl groups excluding tert-OH is 1. The van der Waals surface area contributed by atoms with E-state index >= 15 is 0 Å². The minimum atomic E-state index is -0.788. The van der Waals surface area contributed by atoms with Crippen LogP contribution in [0, 0.1) is 0 Å². The molecule has 0 radical (unpaired) electrons. The summed E-state index contributed by atoms with van der Waals surface area (Å²) in [6.07, 6.45) is 1.84. The number of aromatic nitrogens is 2. The normalized spacial score (nSPS) is 12.7. The second-order valence-electron chi connectivity index (χ2n) is 4.05. The molecule has 0 aliphatic heterocycles. The van der Waals surface area contributed by atoms with Gasteiger partial charge in [-0.25, -0.2) is 0 Å². The maximum Gasteiger partial charge on any atom is 0.122 e. The van der Waals surface area contributed by atoms with E-state index in [2.05, 4.69) is 12.0 Å². The number of hydrogen-bond acceptors (Lipinski definition) is 2. The van der Waals surface area contributed by atoms with Crippen molar-refractivity contribution in [1.29, 1.82) is 0 Å². The van der Waals surface area contributed by atoms with Crippen LogP contribution < -0.4 is 0 Å². The van der Waals surface area contributed by atoms with Gasteiger partial charge in [0.05, 0.1) is 5.69 Å². The Kier molecular flexibility index (Phi) is 4.27. The highest BCUT2D eigenvalue weighted by molar-refractivity contribution is 6.35. The van der Waals surface area contributed by atoms with Gasteiger partial charge in [0, 0.05) is 28.4 Å². The van der Waals surface area contributed by atoms with Crippen LogP contribution in [0.1, 0.15) is 30.7 Å². The van der Waals surface area contributed by atoms with Crippen LogP contribution in [0.5, 0.6) is 0 Å². The molecule has 1 aromatic carbocycles. The third-order valence-corrected chi connectivity index (χ3v) is 3.28. The number of hydrogen-bond donors (Lipinski definition) is 1. The van der Waals surface area contributed by atoms with Crippen molar-refractivity contribution in [1.82, 2.24) is 9.78 Å². The molecule has 1 aromatic heterocycles. The number of rotatable bonds is 4. The second kappa shape index (κ2) is 5.74. The molecular formula is C13H14Cl2N2O. The first-order valence-corrected chi connectivity index (χ1v) is 6.53. The largest absolute Gasteiger partial charge is 0.382 e. The van der Waals surface area contributed by atoms with Crippen molar-refractivity contribution in [3.63, 3.8) is 0 Å². The Morgan fingerprint density at radius 1 is 1.33 bits per heavy atom. The molecule has 0 bridgehead atoms. The van der Waals surface area contributed by atoms with Crippen molar-refractivity contribution in [2.45, 2.75) is 26.0 Å². The molecule has 0 saturated heterocycles. The van der Waals surface area contributed by atoms with E-state index in [9.17, 15) is 5.11 Å². The van der Waals surface area contributed by atoms with Crippen LogP contribution in [-0.4, -0.2) is 14.9 Å². The molecular weight excluding hydrogens is 271 g/mol. The van der Waals surface area contributed by atoms with E-state index in [0.717, 1.165) is 18.7 Å². The quantitative estimate of drug-likeness (QED) is 0.930. The second-order valence-corrected chi connectivity index (χ2v) is 4.89. The van der Waals surface area contributed by atoms with Crippen LogP contribution >= 0.6 is 23.2 Å². The molecule has 1 atom stereocenters. The molecule has 18 heavy (non-hydrogen) atoms. The Morgan fingerprint density at radius 2 is 2.11 bits per heavy atom. The van der Waals surface area contributed by atoms with Gasteiger partial charge >= 0.3 is 0 Å². The third-order valence-electron chi connectivity index (χ3n) is 2.72. The molecule has 2 aromatic rings. The van der Waals surface area contributed by atoms with Gasteiger partial charge in [-0.2, -0.15) is 5.10 Å². The van der Waals surface area contributed by atoms with Crippen molar-refractivity contribution < 1.29 is 5.11 Å². The standard InChI is InChI=1S/C13H14Cl2N2O/c1-2-7-17-12(5-6-16-17)13(18)10-4-3-9(14)8-11(10)15/h3-6,8,13,18H,2,7H2,1H3. The van der Waals surface area contributed by atoms with E-state index in [0.29, 0.717) is 15.6 Å². The van der Waals surface area contributed by atoms with Gasteiger partial charge in [0.15, 0.2) is 0 Å². The van der Waals surface area contributed by atoms with Crippen molar-refractivity contribution in [3.05, 3.63) is 51.8 Å². The molecule has 1 unspecified atom stereocenters. The van der Waals surface area contributed by atoms with Gasteiger partial charge in [0.25, 0.3) is 0 Å². The van der Waals surface area contributed by atoms with Crippen molar-refractivity contribution in [2.24, 2.45) is 0 Å². The molecule has 0 fully saturated rings. The van der Waals surface area contributed by atoms with Crippen LogP contribution in [0.15, 0.2) is 30.5 Å². The van der Waals surface area contributed by atoms with Gasteiger partial charge in [0.1, 0.15) is 6.10 Å². The summed E-state index contributed by atoms with van der Waals surface area (Å²) >= 11 is 11.9. The first-order valence-electron chi connectivity index (χ1n) is 5.78. The Hall–Kier alpha value is -1.03. The molecule has 0 amide bonds. The van der Waals surface area contributed by atoms with Crippen LogP contribution in [0.2, 0.25) is 10.0 Å². The summed E-state index contributed by atoms with van der Waals surface area (Å²) < 4.78 is 1.79. The van der Waals surface area contributed by atoms with Crippen LogP contribution in [0.4, 0.5) is 0 Å². The van der Waals surface area contributed by atoms with Gasteiger partial charge in [0.2, 0.25) is 0 Å². The predicted molar refractivity (Wildman–Crippen MR) is 73.0 cm³/mol. The summed E-state index contributed by atoms with van der Waals surface area (Å²) in [4.78, 5) is 0. The summed E-state index contributed by atoms with van der Waals surface area (Å²) in [6.45, 7) is 2.83. The van der Waals surface area contributed by atoms with Gasteiger partial charge in [-0.05, 0) is 24.6 Å². The van der Waals surface area contributed by atoms with Gasteiger partial charge in [-0.15, -0.1) is 0 Å². The summed E-state index contributed by atoms with van der Waals surface area (Å²) in [5.41, 5.74) is 1.37. The first-order chi connectivity index (χ1) is 8.63. The van der Waals surface area contributed by atoms with Crippen molar-refractivity contribution in [2.75, 3.05) is 0 Å². The first kappa shape index (κ1) is 13.4. The number of benzene rings is 1. The summed E-state index contributed by atoms with van der Waals surface area (Å²) in [6, 6.07) is 6.87. The predicted octanol–water partition coefficient (Wildman–Crippen LogP) is 3.68. The minimum Gasteiger partial charge on any atom is -0.382 e. The molecule has 5 heteroatoms. The average Bonchev–Trinajstić information content (AvgIpc) is 2.77. The smallest absolute Gasteiger partial charge is 0.122 e. The molecule has 0 saturated carbocycles. The van der Waals surface area contributed by atoms with E-state index < -0.39 is 6.10 Å². The highest BCUT2D eigenvalue weighted by atomic mass is 35.5. The van der Waals surface area contributed by atoms with E-state index in [1.807, 2.05) is 0 Å². The lowest BCUT2D eigenvalue weighted by Crippen LogP contribution is -2.10. The number of nitrogens with zero attached hydrogens (tertiary/aromatic N) is 2. The Balaban J connectivity index is 2.35. The summed E-state index contributed by atoms with van der Waals surface area (Å²) in [5, 5.41) is 15.6. The SMILES string of the molecule is CCCn1nccc1C(O)c1ccc(Cl)cc1Cl. The molecule has 0 spiro atoms. The van der Waals surface area contributed by atoms with E-state index in [1.165, 1.54) is 0 Å².